The molecule has 3 aliphatic heterocycles. The van der Waals surface area contributed by atoms with E-state index in [1.165, 1.54) is 5.57 Å². The van der Waals surface area contributed by atoms with Gasteiger partial charge in [-0.3, -0.25) is 9.69 Å². The summed E-state index contributed by atoms with van der Waals surface area (Å²) in [6.07, 6.45) is 2.21. The number of amides is 1. The number of ether oxygens (including phenoxy) is 4. The van der Waals surface area contributed by atoms with Gasteiger partial charge in [-0.1, -0.05) is 28.7 Å². The number of hydrogen-bond donors (Lipinski definition) is 0. The average molecular weight is 540 g/mol. The van der Waals surface area contributed by atoms with Gasteiger partial charge in [0.25, 0.3) is 0 Å². The molecule has 0 bridgehead atoms. The first-order chi connectivity index (χ1) is 15.0. The van der Waals surface area contributed by atoms with Crippen molar-refractivity contribution in [3.05, 3.63) is 33.4 Å². The highest BCUT2D eigenvalue weighted by Crippen LogP contribution is 2.45. The van der Waals surface area contributed by atoms with E-state index in [2.05, 4.69) is 33.6 Å². The van der Waals surface area contributed by atoms with Gasteiger partial charge in [-0.25, -0.2) is 0 Å². The van der Waals surface area contributed by atoms with Crippen molar-refractivity contribution in [1.29, 1.82) is 0 Å². The lowest BCUT2D eigenvalue weighted by Crippen LogP contribution is -2.52. The molecule has 0 radical (unpaired) electrons. The van der Waals surface area contributed by atoms with Crippen molar-refractivity contribution in [2.45, 2.75) is 13.0 Å². The molecule has 1 aromatic rings. The molecule has 2 atom stereocenters. The van der Waals surface area contributed by atoms with E-state index in [9.17, 15) is 4.79 Å². The Morgan fingerprint density at radius 1 is 1.19 bits per heavy atom. The van der Waals surface area contributed by atoms with E-state index in [-0.39, 0.29) is 17.9 Å². The molecule has 2 unspecified atom stereocenters. The number of carbonyl (C=O) groups excluding carboxylic acids is 1. The van der Waals surface area contributed by atoms with E-state index in [1.807, 2.05) is 28.0 Å². The molecule has 3 heterocycles. The van der Waals surface area contributed by atoms with Gasteiger partial charge >= 0.3 is 0 Å². The van der Waals surface area contributed by atoms with Crippen molar-refractivity contribution >= 4 is 34.1 Å². The van der Waals surface area contributed by atoms with Crippen molar-refractivity contribution in [2.75, 3.05) is 60.2 Å². The highest BCUT2D eigenvalue weighted by Gasteiger charge is 2.37. The summed E-state index contributed by atoms with van der Waals surface area (Å²) in [7, 11) is 3.28. The molecule has 7 nitrogen and oxygen atoms in total. The van der Waals surface area contributed by atoms with Gasteiger partial charge in [-0.2, -0.15) is 0 Å². The van der Waals surface area contributed by atoms with Crippen LogP contribution in [0.15, 0.2) is 27.9 Å². The second-order valence-electron chi connectivity index (χ2n) is 8.04. The molecule has 0 aliphatic carbocycles. The van der Waals surface area contributed by atoms with Crippen LogP contribution < -0.4 is 14.2 Å². The summed E-state index contributed by atoms with van der Waals surface area (Å²) in [5.41, 5.74) is 3.11. The van der Waals surface area contributed by atoms with Crippen LogP contribution in [0.2, 0.25) is 0 Å². The summed E-state index contributed by atoms with van der Waals surface area (Å²) in [5.74, 6) is 2.50. The highest BCUT2D eigenvalue weighted by atomic mass is 127. The lowest BCUT2D eigenvalue weighted by molar-refractivity contribution is -0.129. The maximum Gasteiger partial charge on any atom is 0.250 e. The Kier molecular flexibility index (Phi) is 7.08. The molecule has 0 spiro atoms. The zero-order valence-corrected chi connectivity index (χ0v) is 20.4. The van der Waals surface area contributed by atoms with Gasteiger partial charge in [0.1, 0.15) is 5.75 Å². The average Bonchev–Trinajstić information content (AvgIpc) is 2.82. The molecule has 0 N–H and O–H groups in total. The first-order valence-electron chi connectivity index (χ1n) is 10.5. The smallest absolute Gasteiger partial charge is 0.250 e. The third-order valence-corrected chi connectivity index (χ3v) is 7.21. The van der Waals surface area contributed by atoms with E-state index in [1.54, 1.807) is 14.2 Å². The monoisotopic (exact) mass is 540 g/mol. The summed E-state index contributed by atoms with van der Waals surface area (Å²) in [5, 5.41) is 0. The predicted molar refractivity (Wildman–Crippen MR) is 127 cm³/mol. The van der Waals surface area contributed by atoms with Gasteiger partial charge in [0.05, 0.1) is 33.5 Å². The van der Waals surface area contributed by atoms with Crippen LogP contribution in [-0.2, 0) is 9.53 Å². The van der Waals surface area contributed by atoms with Gasteiger partial charge in [0.2, 0.25) is 5.91 Å². The highest BCUT2D eigenvalue weighted by molar-refractivity contribution is 14.1. The minimum Gasteiger partial charge on any atom is -0.493 e. The summed E-state index contributed by atoms with van der Waals surface area (Å²) >= 11 is 2.12. The summed E-state index contributed by atoms with van der Waals surface area (Å²) in [4.78, 5) is 16.7. The maximum absolute atomic E-state index is 12.4. The lowest BCUT2D eigenvalue weighted by atomic mass is 9.84. The van der Waals surface area contributed by atoms with Gasteiger partial charge in [-0.05, 0) is 22.6 Å². The largest absolute Gasteiger partial charge is 0.493 e. The molecular formula is C23H29IN2O5. The molecule has 31 heavy (non-hydrogen) atoms. The van der Waals surface area contributed by atoms with Crippen LogP contribution in [0.25, 0.3) is 5.57 Å². The molecule has 1 amide bonds. The fraction of sp³-hybridized carbons (Fsp3) is 0.522. The number of fused-ring (bicyclic) bond motifs is 3. The SMILES string of the molecule is COc1cc2c(cc1OC)C1=CCOC(CN3CCN(C(=O)/C(C)=C/I)CC3)C1CO2. The van der Waals surface area contributed by atoms with Gasteiger partial charge in [0, 0.05) is 55.8 Å². The Labute approximate surface area is 197 Å². The van der Waals surface area contributed by atoms with Gasteiger partial charge < -0.3 is 23.8 Å². The summed E-state index contributed by atoms with van der Waals surface area (Å²) < 4.78 is 25.0. The number of piperazine rings is 1. The molecule has 3 aliphatic rings. The van der Waals surface area contributed by atoms with E-state index in [4.69, 9.17) is 18.9 Å². The Morgan fingerprint density at radius 2 is 1.90 bits per heavy atom. The first-order valence-corrected chi connectivity index (χ1v) is 11.8. The number of methoxy groups -OCH3 is 2. The maximum atomic E-state index is 12.4. The normalized spacial score (nSPS) is 23.9. The Hall–Kier alpha value is -1.78. The van der Waals surface area contributed by atoms with E-state index in [0.29, 0.717) is 24.7 Å². The molecule has 1 aromatic carbocycles. The molecule has 0 saturated carbocycles. The molecule has 4 rings (SSSR count). The Balaban J connectivity index is 1.43. The zero-order valence-electron chi connectivity index (χ0n) is 18.2. The number of benzene rings is 1. The molecule has 8 heteroatoms. The van der Waals surface area contributed by atoms with Crippen molar-refractivity contribution in [1.82, 2.24) is 9.80 Å². The molecule has 1 fully saturated rings. The minimum absolute atomic E-state index is 0.0551. The van der Waals surface area contributed by atoms with Crippen molar-refractivity contribution in [2.24, 2.45) is 5.92 Å². The quantitative estimate of drug-likeness (QED) is 0.423. The lowest BCUT2D eigenvalue weighted by Gasteiger charge is -2.41. The first kappa shape index (κ1) is 22.4. The Morgan fingerprint density at radius 3 is 2.58 bits per heavy atom. The van der Waals surface area contributed by atoms with Crippen LogP contribution >= 0.6 is 22.6 Å². The van der Waals surface area contributed by atoms with Crippen molar-refractivity contribution < 1.29 is 23.7 Å². The topological polar surface area (TPSA) is 60.5 Å². The summed E-state index contributed by atoms with van der Waals surface area (Å²) in [6.45, 7) is 7.07. The fourth-order valence-corrected chi connectivity index (χ4v) is 4.75. The molecule has 1 saturated heterocycles. The van der Waals surface area contributed by atoms with Crippen LogP contribution in [0.3, 0.4) is 0 Å². The predicted octanol–water partition coefficient (Wildman–Crippen LogP) is 2.98. The van der Waals surface area contributed by atoms with Crippen LogP contribution in [0.1, 0.15) is 12.5 Å². The van der Waals surface area contributed by atoms with Gasteiger partial charge in [-0.15, -0.1) is 0 Å². The minimum atomic E-state index is 0.0551. The third-order valence-electron chi connectivity index (χ3n) is 6.28. The van der Waals surface area contributed by atoms with Crippen LogP contribution in [0.5, 0.6) is 17.2 Å². The zero-order chi connectivity index (χ0) is 22.0. The Bertz CT molecular complexity index is 892. The molecule has 168 valence electrons. The van der Waals surface area contributed by atoms with Crippen molar-refractivity contribution in [3.8, 4) is 17.2 Å². The number of hydrogen-bond acceptors (Lipinski definition) is 6. The fourth-order valence-electron chi connectivity index (χ4n) is 4.49. The molecular weight excluding hydrogens is 511 g/mol. The number of nitrogens with zero attached hydrogens (tertiary/aromatic N) is 2. The van der Waals surface area contributed by atoms with E-state index >= 15 is 0 Å². The second kappa shape index (κ2) is 9.79. The van der Waals surface area contributed by atoms with Crippen LogP contribution in [-0.4, -0.2) is 82.0 Å². The number of rotatable bonds is 5. The van der Waals surface area contributed by atoms with E-state index < -0.39 is 0 Å². The van der Waals surface area contributed by atoms with Crippen LogP contribution in [0, 0.1) is 5.92 Å². The van der Waals surface area contributed by atoms with Crippen molar-refractivity contribution in [3.63, 3.8) is 0 Å². The second-order valence-corrected chi connectivity index (χ2v) is 8.66. The van der Waals surface area contributed by atoms with Gasteiger partial charge in [0.15, 0.2) is 11.5 Å². The third kappa shape index (κ3) is 4.56. The number of carbonyl (C=O) groups is 1. The number of halogens is 1. The molecule has 0 aromatic heterocycles. The standard InChI is InChI=1S/C23H29IN2O5/c1-15(12-24)23(27)26-7-5-25(6-8-26)13-22-18-14-31-19-11-21(29-3)20(28-2)10-17(19)16(18)4-9-30-22/h4,10-12,18,22H,5-9,13-14H2,1-3H3/b15-12+. The van der Waals surface area contributed by atoms with E-state index in [0.717, 1.165) is 49.6 Å². The van der Waals surface area contributed by atoms with Crippen LogP contribution in [0.4, 0.5) is 0 Å². The summed E-state index contributed by atoms with van der Waals surface area (Å²) in [6, 6.07) is 3.90.